The van der Waals surface area contributed by atoms with Crippen LogP contribution in [0.25, 0.3) is 0 Å². The van der Waals surface area contributed by atoms with E-state index >= 15 is 0 Å². The molecule has 0 aromatic heterocycles. The van der Waals surface area contributed by atoms with E-state index in [0.29, 0.717) is 26.9 Å². The molecule has 1 aromatic rings. The second-order valence-corrected chi connectivity index (χ2v) is 7.81. The van der Waals surface area contributed by atoms with Crippen molar-refractivity contribution in [1.29, 1.82) is 0 Å². The molecule has 0 spiro atoms. The van der Waals surface area contributed by atoms with Crippen molar-refractivity contribution in [2.45, 2.75) is 63.9 Å². The predicted molar refractivity (Wildman–Crippen MR) is 102 cm³/mol. The molecule has 1 aliphatic carbocycles. The van der Waals surface area contributed by atoms with Gasteiger partial charge in [-0.05, 0) is 50.3 Å². The van der Waals surface area contributed by atoms with E-state index < -0.39 is 5.92 Å². The van der Waals surface area contributed by atoms with Gasteiger partial charge in [0.15, 0.2) is 0 Å². The second-order valence-electron chi connectivity index (χ2n) is 7.00. The van der Waals surface area contributed by atoms with Crippen LogP contribution < -0.4 is 5.32 Å². The van der Waals surface area contributed by atoms with Gasteiger partial charge in [-0.1, -0.05) is 42.1 Å². The largest absolute Gasteiger partial charge is 0.459 e. The molecule has 1 saturated carbocycles. The first-order valence-electron chi connectivity index (χ1n) is 9.13. The van der Waals surface area contributed by atoms with Gasteiger partial charge in [0, 0.05) is 28.1 Å². The lowest BCUT2D eigenvalue weighted by Gasteiger charge is -2.29. The number of benzene rings is 1. The summed E-state index contributed by atoms with van der Waals surface area (Å²) in [6.07, 6.45) is 6.36. The Bertz CT molecular complexity index is 716. The highest BCUT2D eigenvalue weighted by Gasteiger charge is 2.36. The molecule has 0 saturated heterocycles. The van der Waals surface area contributed by atoms with Gasteiger partial charge < -0.3 is 10.1 Å². The Labute approximate surface area is 163 Å². The molecular weight excluding hydrogens is 373 g/mol. The number of halogens is 2. The minimum atomic E-state index is -0.497. The summed E-state index contributed by atoms with van der Waals surface area (Å²) < 4.78 is 5.81. The molecule has 1 fully saturated rings. The van der Waals surface area contributed by atoms with Crippen molar-refractivity contribution in [1.82, 2.24) is 5.32 Å². The number of hydrogen-bond acceptors (Lipinski definition) is 3. The van der Waals surface area contributed by atoms with E-state index in [2.05, 4.69) is 5.32 Å². The molecule has 0 bridgehead atoms. The molecule has 1 atom stereocenters. The summed E-state index contributed by atoms with van der Waals surface area (Å²) in [5, 5.41) is 3.65. The molecule has 140 valence electrons. The average molecular weight is 396 g/mol. The van der Waals surface area contributed by atoms with Crippen LogP contribution in [0.5, 0.6) is 0 Å². The van der Waals surface area contributed by atoms with Gasteiger partial charge in [-0.25, -0.2) is 4.79 Å². The Morgan fingerprint density at radius 1 is 1.12 bits per heavy atom. The monoisotopic (exact) mass is 395 g/mol. The Hall–Kier alpha value is -1.52. The van der Waals surface area contributed by atoms with Gasteiger partial charge >= 0.3 is 5.97 Å². The Balaban J connectivity index is 1.91. The maximum absolute atomic E-state index is 13.0. The van der Waals surface area contributed by atoms with Crippen molar-refractivity contribution in [3.8, 4) is 0 Å². The first kappa shape index (κ1) is 19.2. The first-order chi connectivity index (χ1) is 12.5. The van der Waals surface area contributed by atoms with Crippen LogP contribution in [0, 0.1) is 0 Å². The maximum Gasteiger partial charge on any atom is 0.336 e. The maximum atomic E-state index is 13.0. The molecule has 1 heterocycles. The molecule has 1 aromatic carbocycles. The minimum Gasteiger partial charge on any atom is -0.459 e. The van der Waals surface area contributed by atoms with Gasteiger partial charge in [-0.2, -0.15) is 0 Å². The van der Waals surface area contributed by atoms with E-state index in [1.54, 1.807) is 25.1 Å². The Morgan fingerprint density at radius 2 is 1.73 bits per heavy atom. The molecule has 2 aliphatic rings. The van der Waals surface area contributed by atoms with E-state index in [1.807, 2.05) is 0 Å². The number of allylic oxidation sites excluding steroid dienone is 1. The zero-order valence-electron chi connectivity index (χ0n) is 14.8. The van der Waals surface area contributed by atoms with Gasteiger partial charge in [-0.3, -0.25) is 4.79 Å². The average Bonchev–Trinajstić information content (AvgIpc) is 2.82. The zero-order chi connectivity index (χ0) is 18.7. The van der Waals surface area contributed by atoms with Gasteiger partial charge in [0.25, 0.3) is 0 Å². The van der Waals surface area contributed by atoms with Crippen molar-refractivity contribution in [3.05, 3.63) is 45.1 Å². The first-order valence-corrected chi connectivity index (χ1v) is 9.88. The van der Waals surface area contributed by atoms with Crippen LogP contribution >= 0.6 is 23.2 Å². The number of carbonyl (C=O) groups is 2. The lowest BCUT2D eigenvalue weighted by atomic mass is 9.84. The molecule has 1 amide bonds. The van der Waals surface area contributed by atoms with Crippen molar-refractivity contribution >= 4 is 35.1 Å². The number of nitrogens with one attached hydrogen (secondary N) is 1. The van der Waals surface area contributed by atoms with Gasteiger partial charge in [-0.15, -0.1) is 0 Å². The fourth-order valence-corrected chi connectivity index (χ4v) is 4.50. The van der Waals surface area contributed by atoms with Crippen LogP contribution in [0.15, 0.2) is 29.5 Å². The third kappa shape index (κ3) is 4.24. The van der Waals surface area contributed by atoms with Crippen LogP contribution in [0.2, 0.25) is 10.0 Å². The van der Waals surface area contributed by atoms with E-state index in [1.165, 1.54) is 12.8 Å². The lowest BCUT2D eigenvalue weighted by Crippen LogP contribution is -2.35. The normalized spacial score (nSPS) is 22.0. The van der Waals surface area contributed by atoms with Gasteiger partial charge in [0.2, 0.25) is 5.91 Å². The van der Waals surface area contributed by atoms with Crippen LogP contribution in [0.3, 0.4) is 0 Å². The standard InChI is InChI=1S/C20H23Cl2NO3/c1-12-18(20(25)26-13-7-4-2-3-5-8-13)14(11-17(24)23-12)19-15(21)9-6-10-16(19)22/h6,9-10,13-14H,2-5,7-8,11H2,1H3,(H,23,24)/t14-/m1/s1. The second kappa shape index (κ2) is 8.45. The predicted octanol–water partition coefficient (Wildman–Crippen LogP) is 5.14. The van der Waals surface area contributed by atoms with Crippen LogP contribution in [0.4, 0.5) is 0 Å². The molecule has 26 heavy (non-hydrogen) atoms. The molecule has 6 heteroatoms. The molecular formula is C20H23Cl2NO3. The van der Waals surface area contributed by atoms with Gasteiger partial charge in [0.05, 0.1) is 5.57 Å². The van der Waals surface area contributed by atoms with Crippen molar-refractivity contribution in [2.75, 3.05) is 0 Å². The summed E-state index contributed by atoms with van der Waals surface area (Å²) in [5.41, 5.74) is 1.57. The van der Waals surface area contributed by atoms with Crippen LogP contribution in [-0.2, 0) is 14.3 Å². The summed E-state index contributed by atoms with van der Waals surface area (Å²) in [4.78, 5) is 25.1. The zero-order valence-corrected chi connectivity index (χ0v) is 16.3. The minimum absolute atomic E-state index is 0.0645. The quantitative estimate of drug-likeness (QED) is 0.569. The number of amides is 1. The fraction of sp³-hybridized carbons (Fsp3) is 0.500. The third-order valence-corrected chi connectivity index (χ3v) is 5.77. The summed E-state index contributed by atoms with van der Waals surface area (Å²) in [5.74, 6) is -1.03. The highest BCUT2D eigenvalue weighted by Crippen LogP contribution is 2.41. The number of esters is 1. The fourth-order valence-electron chi connectivity index (χ4n) is 3.84. The molecule has 3 rings (SSSR count). The SMILES string of the molecule is CC1=C(C(=O)OC2CCCCCC2)[C@H](c2c(Cl)cccc2Cl)CC(=O)N1. The van der Waals surface area contributed by atoms with E-state index in [9.17, 15) is 9.59 Å². The van der Waals surface area contributed by atoms with Crippen LogP contribution in [-0.4, -0.2) is 18.0 Å². The summed E-state index contributed by atoms with van der Waals surface area (Å²) in [7, 11) is 0. The molecule has 4 nitrogen and oxygen atoms in total. The highest BCUT2D eigenvalue weighted by atomic mass is 35.5. The summed E-state index contributed by atoms with van der Waals surface area (Å²) in [6.45, 7) is 1.72. The topological polar surface area (TPSA) is 55.4 Å². The number of hydrogen-bond donors (Lipinski definition) is 1. The van der Waals surface area contributed by atoms with Crippen molar-refractivity contribution in [3.63, 3.8) is 0 Å². The Kier molecular flexibility index (Phi) is 6.25. The Morgan fingerprint density at radius 3 is 2.35 bits per heavy atom. The van der Waals surface area contributed by atoms with Crippen molar-refractivity contribution < 1.29 is 14.3 Å². The third-order valence-electron chi connectivity index (χ3n) is 5.11. The number of rotatable bonds is 3. The highest BCUT2D eigenvalue weighted by molar-refractivity contribution is 6.36. The summed E-state index contributed by atoms with van der Waals surface area (Å²) in [6, 6.07) is 5.19. The van der Waals surface area contributed by atoms with E-state index in [-0.39, 0.29) is 24.4 Å². The van der Waals surface area contributed by atoms with Crippen molar-refractivity contribution in [2.24, 2.45) is 0 Å². The van der Waals surface area contributed by atoms with E-state index in [4.69, 9.17) is 27.9 Å². The molecule has 1 N–H and O–H groups in total. The smallest absolute Gasteiger partial charge is 0.336 e. The molecule has 1 aliphatic heterocycles. The van der Waals surface area contributed by atoms with Crippen LogP contribution in [0.1, 0.15) is 63.4 Å². The molecule has 0 radical (unpaired) electrons. The summed E-state index contributed by atoms with van der Waals surface area (Å²) >= 11 is 12.7. The van der Waals surface area contributed by atoms with Gasteiger partial charge in [0.1, 0.15) is 6.10 Å². The molecule has 0 unspecified atom stereocenters. The lowest BCUT2D eigenvalue weighted by molar-refractivity contribution is -0.145. The number of ether oxygens (including phenoxy) is 1. The number of carbonyl (C=O) groups excluding carboxylic acids is 2. The van der Waals surface area contributed by atoms with E-state index in [0.717, 1.165) is 25.7 Å².